The van der Waals surface area contributed by atoms with E-state index in [1.807, 2.05) is 6.07 Å². The van der Waals surface area contributed by atoms with E-state index >= 15 is 0 Å². The van der Waals surface area contributed by atoms with Gasteiger partial charge in [0.05, 0.1) is 12.6 Å². The Kier molecular flexibility index (Phi) is 7.53. The first-order valence-electron chi connectivity index (χ1n) is 9.01. The number of rotatable bonds is 7. The van der Waals surface area contributed by atoms with Gasteiger partial charge in [-0.15, -0.1) is 0 Å². The van der Waals surface area contributed by atoms with E-state index in [1.54, 1.807) is 0 Å². The highest BCUT2D eigenvalue weighted by atomic mass is 16.3. The highest BCUT2D eigenvalue weighted by molar-refractivity contribution is 5.74. The second kappa shape index (κ2) is 9.64. The minimum atomic E-state index is -0.164. The van der Waals surface area contributed by atoms with Crippen LogP contribution in [0.4, 0.5) is 4.79 Å². The average Bonchev–Trinajstić information content (AvgIpc) is 2.56. The maximum atomic E-state index is 12.1. The molecule has 0 saturated carbocycles. The number of benzene rings is 1. The zero-order chi connectivity index (χ0) is 17.4. The number of likely N-dealkylation sites (tertiary alicyclic amines) is 1. The van der Waals surface area contributed by atoms with Crippen molar-refractivity contribution in [1.82, 2.24) is 15.5 Å². The van der Waals surface area contributed by atoms with Gasteiger partial charge >= 0.3 is 6.03 Å². The van der Waals surface area contributed by atoms with Crippen LogP contribution in [0.25, 0.3) is 0 Å². The van der Waals surface area contributed by atoms with Crippen molar-refractivity contribution in [3.63, 3.8) is 0 Å². The van der Waals surface area contributed by atoms with Gasteiger partial charge in [-0.1, -0.05) is 44.2 Å². The van der Waals surface area contributed by atoms with Crippen LogP contribution in [0.5, 0.6) is 0 Å². The lowest BCUT2D eigenvalue weighted by molar-refractivity contribution is 0.179. The molecule has 0 spiro atoms. The monoisotopic (exact) mass is 333 g/mol. The summed E-state index contributed by atoms with van der Waals surface area (Å²) in [5.74, 6) is 0.448. The summed E-state index contributed by atoms with van der Waals surface area (Å²) < 4.78 is 0. The minimum Gasteiger partial charge on any atom is -0.394 e. The number of urea groups is 1. The fourth-order valence-corrected chi connectivity index (χ4v) is 3.24. The SMILES string of the molecule is CC(C)CC(CO)NC(=O)NC1CCN(Cc2ccccc2)CC1. The minimum absolute atomic E-state index is 0.0128. The Hall–Kier alpha value is -1.59. The average molecular weight is 333 g/mol. The smallest absolute Gasteiger partial charge is 0.315 e. The Morgan fingerprint density at radius 3 is 2.50 bits per heavy atom. The van der Waals surface area contributed by atoms with E-state index in [0.29, 0.717) is 5.92 Å². The van der Waals surface area contributed by atoms with Crippen LogP contribution in [0, 0.1) is 5.92 Å². The summed E-state index contributed by atoms with van der Waals surface area (Å²) in [6.45, 7) is 7.13. The lowest BCUT2D eigenvalue weighted by Gasteiger charge is -2.32. The lowest BCUT2D eigenvalue weighted by atomic mass is 10.0. The number of aliphatic hydroxyl groups excluding tert-OH is 1. The van der Waals surface area contributed by atoms with Gasteiger partial charge in [0.25, 0.3) is 0 Å². The zero-order valence-electron chi connectivity index (χ0n) is 14.9. The molecular weight excluding hydrogens is 302 g/mol. The van der Waals surface area contributed by atoms with Gasteiger partial charge in [-0.05, 0) is 30.7 Å². The van der Waals surface area contributed by atoms with Crippen molar-refractivity contribution in [3.8, 4) is 0 Å². The molecule has 0 bridgehead atoms. The number of hydrogen-bond acceptors (Lipinski definition) is 3. The molecule has 3 N–H and O–H groups in total. The first-order valence-corrected chi connectivity index (χ1v) is 9.01. The molecule has 2 amide bonds. The molecule has 0 radical (unpaired) electrons. The van der Waals surface area contributed by atoms with Gasteiger partial charge in [0.2, 0.25) is 0 Å². The van der Waals surface area contributed by atoms with Crippen LogP contribution in [-0.2, 0) is 6.54 Å². The summed E-state index contributed by atoms with van der Waals surface area (Å²) in [4.78, 5) is 14.5. The van der Waals surface area contributed by atoms with Crippen molar-refractivity contribution in [1.29, 1.82) is 0 Å². The molecule has 0 aromatic heterocycles. The Balaban J connectivity index is 1.69. The third-order valence-corrected chi connectivity index (χ3v) is 4.48. The third kappa shape index (κ3) is 6.49. The lowest BCUT2D eigenvalue weighted by Crippen LogP contribution is -2.50. The molecule has 1 aromatic carbocycles. The van der Waals surface area contributed by atoms with E-state index < -0.39 is 0 Å². The number of carbonyl (C=O) groups excluding carboxylic acids is 1. The molecule has 0 aliphatic carbocycles. The van der Waals surface area contributed by atoms with Gasteiger partial charge in [-0.2, -0.15) is 0 Å². The summed E-state index contributed by atoms with van der Waals surface area (Å²) in [6, 6.07) is 10.4. The van der Waals surface area contributed by atoms with Crippen molar-refractivity contribution < 1.29 is 9.90 Å². The summed E-state index contributed by atoms with van der Waals surface area (Å²) in [6.07, 6.45) is 2.72. The normalized spacial score (nSPS) is 17.7. The Bertz CT molecular complexity index is 485. The molecule has 2 rings (SSSR count). The van der Waals surface area contributed by atoms with Crippen LogP contribution in [0.15, 0.2) is 30.3 Å². The van der Waals surface area contributed by atoms with Crippen LogP contribution >= 0.6 is 0 Å². The number of carbonyl (C=O) groups is 1. The molecule has 24 heavy (non-hydrogen) atoms. The van der Waals surface area contributed by atoms with Gasteiger partial charge in [-0.3, -0.25) is 4.90 Å². The summed E-state index contributed by atoms with van der Waals surface area (Å²) in [5.41, 5.74) is 1.33. The molecule has 5 nitrogen and oxygen atoms in total. The number of hydrogen-bond donors (Lipinski definition) is 3. The summed E-state index contributed by atoms with van der Waals surface area (Å²) in [7, 11) is 0. The maximum Gasteiger partial charge on any atom is 0.315 e. The number of nitrogens with one attached hydrogen (secondary N) is 2. The predicted molar refractivity (Wildman–Crippen MR) is 96.7 cm³/mol. The van der Waals surface area contributed by atoms with E-state index in [2.05, 4.69) is 53.6 Å². The van der Waals surface area contributed by atoms with E-state index in [0.717, 1.165) is 38.9 Å². The van der Waals surface area contributed by atoms with Gasteiger partial charge < -0.3 is 15.7 Å². The molecule has 1 aromatic rings. The van der Waals surface area contributed by atoms with Crippen LogP contribution in [0.2, 0.25) is 0 Å². The molecule has 1 atom stereocenters. The standard InChI is InChI=1S/C19H31N3O2/c1-15(2)12-18(14-23)21-19(24)20-17-8-10-22(11-9-17)13-16-6-4-3-5-7-16/h3-7,15,17-18,23H,8-14H2,1-2H3,(H2,20,21,24). The molecule has 1 unspecified atom stereocenters. The highest BCUT2D eigenvalue weighted by Gasteiger charge is 2.21. The number of aliphatic hydroxyl groups is 1. The molecule has 1 aliphatic heterocycles. The Morgan fingerprint density at radius 1 is 1.25 bits per heavy atom. The number of amides is 2. The summed E-state index contributed by atoms with van der Waals surface area (Å²) >= 11 is 0. The van der Waals surface area contributed by atoms with Crippen LogP contribution in [0.3, 0.4) is 0 Å². The quantitative estimate of drug-likeness (QED) is 0.718. The molecule has 1 aliphatic rings. The fraction of sp³-hybridized carbons (Fsp3) is 0.632. The second-order valence-corrected chi connectivity index (χ2v) is 7.16. The van der Waals surface area contributed by atoms with Gasteiger partial charge in [0, 0.05) is 25.7 Å². The fourth-order valence-electron chi connectivity index (χ4n) is 3.24. The molecular formula is C19H31N3O2. The first-order chi connectivity index (χ1) is 11.6. The van der Waals surface area contributed by atoms with Crippen molar-refractivity contribution in [2.24, 2.45) is 5.92 Å². The van der Waals surface area contributed by atoms with Crippen LogP contribution in [-0.4, -0.2) is 47.8 Å². The topological polar surface area (TPSA) is 64.6 Å². The molecule has 1 heterocycles. The van der Waals surface area contributed by atoms with Crippen molar-refractivity contribution in [2.45, 2.75) is 51.7 Å². The third-order valence-electron chi connectivity index (χ3n) is 4.48. The van der Waals surface area contributed by atoms with E-state index in [4.69, 9.17) is 0 Å². The van der Waals surface area contributed by atoms with Gasteiger partial charge in [0.15, 0.2) is 0 Å². The zero-order valence-corrected chi connectivity index (χ0v) is 14.9. The highest BCUT2D eigenvalue weighted by Crippen LogP contribution is 2.14. The largest absolute Gasteiger partial charge is 0.394 e. The van der Waals surface area contributed by atoms with E-state index in [-0.39, 0.29) is 24.7 Å². The van der Waals surface area contributed by atoms with Gasteiger partial charge in [0.1, 0.15) is 0 Å². The Labute approximate surface area is 145 Å². The van der Waals surface area contributed by atoms with E-state index in [1.165, 1.54) is 5.56 Å². The van der Waals surface area contributed by atoms with E-state index in [9.17, 15) is 9.90 Å². The van der Waals surface area contributed by atoms with Gasteiger partial charge in [-0.25, -0.2) is 4.79 Å². The Morgan fingerprint density at radius 2 is 1.92 bits per heavy atom. The summed E-state index contributed by atoms with van der Waals surface area (Å²) in [5, 5.41) is 15.3. The van der Waals surface area contributed by atoms with Crippen molar-refractivity contribution >= 4 is 6.03 Å². The molecule has 1 saturated heterocycles. The molecule has 1 fully saturated rings. The molecule has 134 valence electrons. The van der Waals surface area contributed by atoms with Crippen LogP contribution < -0.4 is 10.6 Å². The molecule has 5 heteroatoms. The second-order valence-electron chi connectivity index (χ2n) is 7.16. The maximum absolute atomic E-state index is 12.1. The number of nitrogens with zero attached hydrogens (tertiary/aromatic N) is 1. The van der Waals surface area contributed by atoms with Crippen molar-refractivity contribution in [2.75, 3.05) is 19.7 Å². The number of piperidine rings is 1. The predicted octanol–water partition coefficient (Wildman–Crippen LogP) is 2.36. The van der Waals surface area contributed by atoms with Crippen LogP contribution in [0.1, 0.15) is 38.7 Å². The first kappa shape index (κ1) is 18.7. The van der Waals surface area contributed by atoms with Crippen molar-refractivity contribution in [3.05, 3.63) is 35.9 Å².